The van der Waals surface area contributed by atoms with Crippen molar-refractivity contribution in [3.63, 3.8) is 0 Å². The normalized spacial score (nSPS) is 24.3. The van der Waals surface area contributed by atoms with Crippen LogP contribution in [0.15, 0.2) is 5.51 Å². The Morgan fingerprint density at radius 3 is 1.61 bits per heavy atom. The van der Waals surface area contributed by atoms with E-state index in [1.54, 1.807) is 10.9 Å². The molecule has 1 aromatic rings. The van der Waals surface area contributed by atoms with Crippen molar-refractivity contribution >= 4 is 53.9 Å². The van der Waals surface area contributed by atoms with E-state index < -0.39 is 17.9 Å². The fourth-order valence-corrected chi connectivity index (χ4v) is 4.95. The Kier molecular flexibility index (Phi) is 21.6. The molecule has 3 saturated carbocycles. The van der Waals surface area contributed by atoms with Crippen LogP contribution >= 0.6 is 11.3 Å². The van der Waals surface area contributed by atoms with Crippen molar-refractivity contribution < 1.29 is 62.4 Å². The molecule has 49 heavy (non-hydrogen) atoms. The zero-order chi connectivity index (χ0) is 36.6. The largest absolute Gasteiger partial charge is 0.481 e. The van der Waals surface area contributed by atoms with Crippen molar-refractivity contribution in [3.05, 3.63) is 10.5 Å². The van der Waals surface area contributed by atoms with Gasteiger partial charge in [0.1, 0.15) is 10.5 Å². The van der Waals surface area contributed by atoms with E-state index in [0.29, 0.717) is 25.7 Å². The Labute approximate surface area is 287 Å². The average molecular weight is 719 g/mol. The predicted octanol–water partition coefficient (Wildman–Crippen LogP) is -0.533. The molecule has 0 bridgehead atoms. The van der Waals surface area contributed by atoms with E-state index in [9.17, 15) is 28.8 Å². The summed E-state index contributed by atoms with van der Waals surface area (Å²) in [7, 11) is 3.96. The number of methoxy groups -OCH3 is 3. The maximum absolute atomic E-state index is 11.1. The number of nitrogens with one attached hydrogen (secondary N) is 3. The summed E-state index contributed by atoms with van der Waals surface area (Å²) in [6.45, 7) is 4.00. The molecule has 6 N–H and O–H groups in total. The van der Waals surface area contributed by atoms with Crippen molar-refractivity contribution in [1.82, 2.24) is 26.5 Å². The number of carboxylic acids is 1. The van der Waals surface area contributed by atoms with E-state index in [-0.39, 0.29) is 47.4 Å². The van der Waals surface area contributed by atoms with E-state index in [2.05, 4.69) is 35.7 Å². The van der Waals surface area contributed by atoms with Crippen LogP contribution in [0.3, 0.4) is 0 Å². The fourth-order valence-electron chi connectivity index (χ4n) is 4.21. The zero-order valence-electron chi connectivity index (χ0n) is 27.7. The molecule has 2 aliphatic heterocycles. The van der Waals surface area contributed by atoms with Gasteiger partial charge < -0.3 is 28.8 Å². The maximum Gasteiger partial charge on any atom is 0.309 e. The number of carboxylic acid groups (broad SMARTS) is 1. The minimum atomic E-state index is -0.907. The first kappa shape index (κ1) is 42.8. The Balaban J connectivity index is 0.000000309. The second-order valence-electron chi connectivity index (χ2n) is 10.7. The highest BCUT2D eigenvalue weighted by Gasteiger charge is 2.50. The molecule has 0 radical (unpaired) electrons. The Hall–Kier alpha value is -4.27. The lowest BCUT2D eigenvalue weighted by molar-refractivity contribution is -0.146. The molecular weight excluding hydrogens is 672 g/mol. The molecule has 6 rings (SSSR count). The van der Waals surface area contributed by atoms with Gasteiger partial charge in [0.2, 0.25) is 18.7 Å². The Bertz CT molecular complexity index is 1140. The van der Waals surface area contributed by atoms with Crippen LogP contribution in [0.4, 0.5) is 0 Å². The molecule has 5 aliphatic rings. The molecule has 0 spiro atoms. The SMILES string of the molecule is C1CCOC1.C1CCOC1.COC(=O)[C@H]1C[C@@H]1C(=O)NNC=O.COC(=O)[C@H]1C[C@@H]1C(=O)O.COC(=O)[C@H]1C[C@@H]1c1nncs1.NNC=O. The minimum Gasteiger partial charge on any atom is -0.481 e. The van der Waals surface area contributed by atoms with Crippen LogP contribution in [-0.4, -0.2) is 106 Å². The lowest BCUT2D eigenvalue weighted by Gasteiger charge is -2.00. The highest BCUT2D eigenvalue weighted by Crippen LogP contribution is 2.48. The number of aromatic nitrogens is 2. The average Bonchev–Trinajstić information content (AvgIpc) is 4.06. The number of nitrogens with zero attached hydrogens (tertiary/aromatic N) is 2. The molecule has 3 amide bonds. The van der Waals surface area contributed by atoms with Crippen molar-refractivity contribution in [1.29, 1.82) is 0 Å². The van der Waals surface area contributed by atoms with Crippen molar-refractivity contribution in [3.8, 4) is 0 Å². The minimum absolute atomic E-state index is 0.0305. The summed E-state index contributed by atoms with van der Waals surface area (Å²) in [5, 5.41) is 16.9. The van der Waals surface area contributed by atoms with E-state index >= 15 is 0 Å². The van der Waals surface area contributed by atoms with Gasteiger partial charge in [-0.3, -0.25) is 49.8 Å². The molecule has 0 unspecified atom stereocenters. The number of ether oxygens (including phenoxy) is 5. The number of rotatable bonds is 9. The number of nitrogens with two attached hydrogens (primary N) is 1. The zero-order valence-corrected chi connectivity index (χ0v) is 28.5. The van der Waals surface area contributed by atoms with Gasteiger partial charge in [-0.25, -0.2) is 5.84 Å². The molecule has 5 fully saturated rings. The predicted molar refractivity (Wildman–Crippen MR) is 168 cm³/mol. The second-order valence-corrected chi connectivity index (χ2v) is 11.6. The second kappa shape index (κ2) is 24.8. The first-order valence-electron chi connectivity index (χ1n) is 15.4. The summed E-state index contributed by atoms with van der Waals surface area (Å²) in [5.74, 6) is 0.931. The quantitative estimate of drug-likeness (QED) is 0.0536. The van der Waals surface area contributed by atoms with Gasteiger partial charge in [-0.15, -0.1) is 21.5 Å². The van der Waals surface area contributed by atoms with Crippen LogP contribution < -0.4 is 22.1 Å². The van der Waals surface area contributed by atoms with Crippen molar-refractivity contribution in [2.45, 2.75) is 50.9 Å². The fraction of sp³-hybridized carbons (Fsp3) is 0.690. The summed E-state index contributed by atoms with van der Waals surface area (Å²) in [4.78, 5) is 72.5. The molecule has 2 saturated heterocycles. The molecule has 3 aliphatic carbocycles. The van der Waals surface area contributed by atoms with Crippen molar-refractivity contribution in [2.24, 2.45) is 35.4 Å². The molecule has 3 heterocycles. The summed E-state index contributed by atoms with van der Waals surface area (Å²) in [6.07, 6.45) is 7.65. The number of hydrogen-bond acceptors (Lipinski definition) is 16. The number of carbonyl (C=O) groups is 7. The number of amides is 3. The highest BCUT2D eigenvalue weighted by molar-refractivity contribution is 7.09. The molecular formula is C29H46N6O13S. The Morgan fingerprint density at radius 1 is 0.796 bits per heavy atom. The van der Waals surface area contributed by atoms with Crippen LogP contribution in [0.5, 0.6) is 0 Å². The van der Waals surface area contributed by atoms with Crippen LogP contribution in [0, 0.1) is 29.6 Å². The molecule has 0 aromatic carbocycles. The first-order chi connectivity index (χ1) is 23.6. The molecule has 19 nitrogen and oxygen atoms in total. The monoisotopic (exact) mass is 718 g/mol. The van der Waals surface area contributed by atoms with E-state index in [4.69, 9.17) is 19.4 Å². The number of aliphatic carboxylic acids is 1. The van der Waals surface area contributed by atoms with Crippen LogP contribution in [0.2, 0.25) is 0 Å². The first-order valence-corrected chi connectivity index (χ1v) is 16.3. The number of carbonyl (C=O) groups excluding carboxylic acids is 6. The topological polar surface area (TPSA) is 274 Å². The summed E-state index contributed by atoms with van der Waals surface area (Å²) in [6, 6.07) is 0. The lowest BCUT2D eigenvalue weighted by atomic mass is 10.3. The van der Waals surface area contributed by atoms with Crippen LogP contribution in [0.1, 0.15) is 55.9 Å². The smallest absolute Gasteiger partial charge is 0.309 e. The molecule has 20 heteroatoms. The summed E-state index contributed by atoms with van der Waals surface area (Å²) in [5.41, 5.74) is 7.59. The highest BCUT2D eigenvalue weighted by atomic mass is 32.1. The van der Waals surface area contributed by atoms with E-state index in [1.807, 2.05) is 5.43 Å². The third kappa shape index (κ3) is 17.6. The van der Waals surface area contributed by atoms with Gasteiger partial charge in [0, 0.05) is 32.3 Å². The third-order valence-corrected chi connectivity index (χ3v) is 8.03. The number of hydrazine groups is 2. The molecule has 6 atom stereocenters. The molecule has 276 valence electrons. The standard InChI is InChI=1S/C7H10N2O4.C7H8N2O2S.C6H8O4.2C4H8O.CH4N2O/c1-13-7(12)5-2-4(5)6(11)9-8-3-10;1-11-7(10)5-2-4(5)6-9-8-3-12-6;1-10-6(9)4-2-3(4)5(7)8;2*1-2-4-5-3-1;2-3-1-4/h3-5H,2H2,1H3,(H,8,10)(H,9,11);3-5H,2H2,1H3;3-4H,2H2,1H3,(H,7,8);2*1-4H2;1H,2H2,(H,3,4)/t2*4-,5-;3-,4-;;;/m000.../s1. The van der Waals surface area contributed by atoms with Gasteiger partial charge >= 0.3 is 23.9 Å². The van der Waals surface area contributed by atoms with Crippen LogP contribution in [-0.2, 0) is 57.2 Å². The van der Waals surface area contributed by atoms with Gasteiger partial charge in [0.05, 0.1) is 50.9 Å². The van der Waals surface area contributed by atoms with E-state index in [0.717, 1.165) is 37.9 Å². The third-order valence-electron chi connectivity index (χ3n) is 7.21. The van der Waals surface area contributed by atoms with Gasteiger partial charge in [-0.1, -0.05) is 0 Å². The summed E-state index contributed by atoms with van der Waals surface area (Å²) >= 11 is 1.50. The summed E-state index contributed by atoms with van der Waals surface area (Å²) < 4.78 is 23.3. The lowest BCUT2D eigenvalue weighted by Crippen LogP contribution is -2.37. The maximum atomic E-state index is 11.1. The Morgan fingerprint density at radius 2 is 1.27 bits per heavy atom. The number of hydrogen-bond donors (Lipinski definition) is 5. The van der Waals surface area contributed by atoms with Gasteiger partial charge in [-0.05, 0) is 44.9 Å². The van der Waals surface area contributed by atoms with Crippen molar-refractivity contribution in [2.75, 3.05) is 47.8 Å². The van der Waals surface area contributed by atoms with Gasteiger partial charge in [0.15, 0.2) is 0 Å². The number of esters is 3. The van der Waals surface area contributed by atoms with Crippen LogP contribution in [0.25, 0.3) is 0 Å². The van der Waals surface area contributed by atoms with E-state index in [1.165, 1.54) is 58.3 Å². The molecule has 1 aromatic heterocycles. The van der Waals surface area contributed by atoms with Gasteiger partial charge in [-0.2, -0.15) is 0 Å². The van der Waals surface area contributed by atoms with Gasteiger partial charge in [0.25, 0.3) is 0 Å².